The van der Waals surface area contributed by atoms with Crippen molar-refractivity contribution in [2.75, 3.05) is 26.2 Å². The van der Waals surface area contributed by atoms with E-state index in [9.17, 15) is 15.2 Å². The van der Waals surface area contributed by atoms with Crippen molar-refractivity contribution in [3.8, 4) is 0 Å². The van der Waals surface area contributed by atoms with Crippen LogP contribution in [-0.2, 0) is 4.79 Å². The first-order chi connectivity index (χ1) is 15.5. The van der Waals surface area contributed by atoms with E-state index in [1.807, 2.05) is 55.5 Å². The molecular weight excluding hydrogens is 518 g/mol. The Hall–Kier alpha value is -2.09. The predicted molar refractivity (Wildman–Crippen MR) is 128 cm³/mol. The van der Waals surface area contributed by atoms with Gasteiger partial charge in [-0.15, -0.1) is 0 Å². The first-order valence-corrected chi connectivity index (χ1v) is 12.9. The molecule has 3 rings (SSSR count). The second-order valence-corrected chi connectivity index (χ2v) is 10.6. The van der Waals surface area contributed by atoms with E-state index in [0.29, 0.717) is 36.2 Å². The van der Waals surface area contributed by atoms with Gasteiger partial charge < -0.3 is 0 Å². The maximum atomic E-state index is 12.9. The van der Waals surface area contributed by atoms with E-state index in [1.54, 1.807) is 4.90 Å². The Balaban J connectivity index is 1.78. The Labute approximate surface area is 203 Å². The molecule has 170 valence electrons. The zero-order valence-electron chi connectivity index (χ0n) is 17.5. The van der Waals surface area contributed by atoms with Crippen LogP contribution in [0.5, 0.6) is 0 Å². The third-order valence-corrected chi connectivity index (χ3v) is 7.48. The predicted octanol–water partition coefficient (Wildman–Crippen LogP) is 3.99. The summed E-state index contributed by atoms with van der Waals surface area (Å²) in [5.41, 5.74) is 2.00. The summed E-state index contributed by atoms with van der Waals surface area (Å²) in [6.07, 6.45) is 0. The summed E-state index contributed by atoms with van der Waals surface area (Å²) >= 11 is 11.9. The van der Waals surface area contributed by atoms with Crippen LogP contribution in [0.2, 0.25) is 15.4 Å². The van der Waals surface area contributed by atoms with Gasteiger partial charge in [0.1, 0.15) is 0 Å². The number of piperazine rings is 1. The van der Waals surface area contributed by atoms with Gasteiger partial charge in [-0.05, 0) is 0 Å². The van der Waals surface area contributed by atoms with Crippen LogP contribution in [0.1, 0.15) is 24.1 Å². The number of oxime groups is 2. The van der Waals surface area contributed by atoms with Gasteiger partial charge in [0.05, 0.1) is 0 Å². The Bertz CT molecular complexity index is 930. The molecule has 1 saturated heterocycles. The van der Waals surface area contributed by atoms with Crippen LogP contribution in [0.3, 0.4) is 0 Å². The number of nitrogens with zero attached hydrogens (tertiary/aromatic N) is 4. The average Bonchev–Trinajstić information content (AvgIpc) is 2.82. The summed E-state index contributed by atoms with van der Waals surface area (Å²) in [6.45, 7) is 4.05. The minimum atomic E-state index is -0.426. The third-order valence-electron chi connectivity index (χ3n) is 5.22. The summed E-state index contributed by atoms with van der Waals surface area (Å²) in [7, 11) is 0. The van der Waals surface area contributed by atoms with Crippen LogP contribution in [0.4, 0.5) is 0 Å². The average molecular weight is 542 g/mol. The minimum absolute atomic E-state index is 0.0224. The molecule has 0 aliphatic carbocycles. The first kappa shape index (κ1) is 24.5. The molecule has 1 fully saturated rings. The molecule has 0 spiro atoms. The first-order valence-electron chi connectivity index (χ1n) is 10.1. The monoisotopic (exact) mass is 542 g/mol. The van der Waals surface area contributed by atoms with Crippen LogP contribution in [0.25, 0.3) is 0 Å². The Morgan fingerprint density at radius 3 is 1.84 bits per heavy atom. The van der Waals surface area contributed by atoms with E-state index in [2.05, 4.69) is 15.2 Å². The molecule has 0 aromatic heterocycles. The molecule has 0 bridgehead atoms. The summed E-state index contributed by atoms with van der Waals surface area (Å²) in [5, 5.41) is 27.0. The fraction of sp³-hybridized carbons (Fsp3) is 0.318. The second kappa shape index (κ2) is 11.7. The second-order valence-electron chi connectivity index (χ2n) is 7.12. The van der Waals surface area contributed by atoms with Crippen molar-refractivity contribution in [1.82, 2.24) is 9.80 Å². The number of amides is 1. The van der Waals surface area contributed by atoms with Crippen molar-refractivity contribution >= 4 is 54.4 Å². The van der Waals surface area contributed by atoms with Gasteiger partial charge >= 0.3 is 181 Å². The molecule has 1 heterocycles. The molecule has 1 aliphatic heterocycles. The van der Waals surface area contributed by atoms with Gasteiger partial charge in [0.15, 0.2) is 0 Å². The molecule has 0 unspecified atom stereocenters. The zero-order chi connectivity index (χ0) is 23.1. The van der Waals surface area contributed by atoms with E-state index in [4.69, 9.17) is 23.2 Å². The van der Waals surface area contributed by atoms with E-state index < -0.39 is 5.91 Å². The molecule has 32 heavy (non-hydrogen) atoms. The van der Waals surface area contributed by atoms with E-state index in [-0.39, 0.29) is 31.3 Å². The molecule has 0 radical (unpaired) electrons. The van der Waals surface area contributed by atoms with E-state index >= 15 is 0 Å². The van der Waals surface area contributed by atoms with Crippen LogP contribution < -0.4 is 0 Å². The van der Waals surface area contributed by atoms with Crippen LogP contribution in [-0.4, -0.2) is 77.6 Å². The quantitative estimate of drug-likeness (QED) is 0.240. The normalized spacial score (nSPS) is 15.9. The van der Waals surface area contributed by atoms with Gasteiger partial charge in [-0.2, -0.15) is 0 Å². The number of hydrogen-bond donors (Lipinski definition) is 2. The van der Waals surface area contributed by atoms with Crippen molar-refractivity contribution in [3.63, 3.8) is 0 Å². The molecular formula is C22H24Cl2N4O3Se. The molecule has 1 aliphatic rings. The zero-order valence-corrected chi connectivity index (χ0v) is 20.7. The number of rotatable bonds is 7. The summed E-state index contributed by atoms with van der Waals surface area (Å²) in [4.78, 5) is 16.8. The molecule has 10 heteroatoms. The van der Waals surface area contributed by atoms with Crippen molar-refractivity contribution in [2.45, 2.75) is 18.3 Å². The number of carbonyl (C=O) groups is 1. The van der Waals surface area contributed by atoms with Gasteiger partial charge in [0.2, 0.25) is 0 Å². The summed E-state index contributed by atoms with van der Waals surface area (Å²) in [6, 6.07) is 15.5. The molecule has 7 nitrogen and oxygen atoms in total. The third kappa shape index (κ3) is 5.82. The van der Waals surface area contributed by atoms with Gasteiger partial charge in [-0.3, -0.25) is 0 Å². The molecule has 1 amide bonds. The van der Waals surface area contributed by atoms with Crippen LogP contribution in [0.15, 0.2) is 58.8 Å². The van der Waals surface area contributed by atoms with Gasteiger partial charge in [0.25, 0.3) is 0 Å². The molecule has 2 aromatic carbocycles. The SMILES string of the molecule is CC[Se]C(=N/O)/C(=N/O)C(=O)N1CCN(C(c2ccc(Cl)cc2)c2ccc(Cl)cc2)CC1. The maximum absolute atomic E-state index is 12.9. The summed E-state index contributed by atoms with van der Waals surface area (Å²) in [5.74, 6) is -0.426. The van der Waals surface area contributed by atoms with Gasteiger partial charge in [-0.1, -0.05) is 23.2 Å². The number of halogens is 2. The van der Waals surface area contributed by atoms with Crippen LogP contribution >= 0.6 is 23.2 Å². The Morgan fingerprint density at radius 1 is 0.938 bits per heavy atom. The number of hydrogen-bond acceptors (Lipinski definition) is 6. The molecule has 0 atom stereocenters. The van der Waals surface area contributed by atoms with Crippen molar-refractivity contribution in [3.05, 3.63) is 69.7 Å². The van der Waals surface area contributed by atoms with E-state index in [0.717, 1.165) is 16.4 Å². The van der Waals surface area contributed by atoms with Gasteiger partial charge in [0, 0.05) is 0 Å². The van der Waals surface area contributed by atoms with Crippen LogP contribution in [0, 0.1) is 0 Å². The standard InChI is InChI=1S/C22H24Cl2N4O3Se/c1-2-32-21(26-31)19(25-30)22(29)28-13-11-27(12-14-28)20(15-3-7-17(23)8-4-15)16-5-9-18(24)10-6-16/h3-10,20,30-31H,2,11-14H2,1H3/b25-19-,26-21+. The van der Waals surface area contributed by atoms with Crippen molar-refractivity contribution < 1.29 is 15.2 Å². The number of benzene rings is 2. The summed E-state index contributed by atoms with van der Waals surface area (Å²) < 4.78 is 0.148. The van der Waals surface area contributed by atoms with Crippen molar-refractivity contribution in [1.29, 1.82) is 0 Å². The van der Waals surface area contributed by atoms with E-state index in [1.165, 1.54) is 0 Å². The Kier molecular flexibility index (Phi) is 8.96. The Morgan fingerprint density at radius 2 is 1.44 bits per heavy atom. The molecule has 0 saturated carbocycles. The topological polar surface area (TPSA) is 88.7 Å². The van der Waals surface area contributed by atoms with Crippen molar-refractivity contribution in [2.24, 2.45) is 10.3 Å². The number of carbonyl (C=O) groups excluding carboxylic acids is 1. The molecule has 2 aromatic rings. The van der Waals surface area contributed by atoms with Gasteiger partial charge in [-0.25, -0.2) is 0 Å². The molecule has 2 N–H and O–H groups in total. The fourth-order valence-corrected chi connectivity index (χ4v) is 5.20. The fourth-order valence-electron chi connectivity index (χ4n) is 3.70.